The average Bonchev–Trinajstić information content (AvgIpc) is 2.28. The fraction of sp³-hybridized carbons (Fsp3) is 0.455. The highest BCUT2D eigenvalue weighted by atomic mass is 14.3. The Morgan fingerprint density at radius 1 is 1.33 bits per heavy atom. The van der Waals surface area contributed by atoms with Crippen molar-refractivity contribution in [3.8, 4) is 0 Å². The molecule has 2 aliphatic rings. The first-order valence-electron chi connectivity index (χ1n) is 4.32. The minimum Gasteiger partial charge on any atom is -0.0859 e. The van der Waals surface area contributed by atoms with Crippen LogP contribution in [0, 0.1) is 11.3 Å². The minimum absolute atomic E-state index is 0. The van der Waals surface area contributed by atoms with E-state index in [1.165, 1.54) is 12.0 Å². The molecule has 0 bridgehead atoms. The van der Waals surface area contributed by atoms with Crippen LogP contribution in [0.5, 0.6) is 0 Å². The van der Waals surface area contributed by atoms with Gasteiger partial charge in [0.05, 0.1) is 0 Å². The van der Waals surface area contributed by atoms with Crippen LogP contribution in [-0.2, 0) is 0 Å². The number of hydrogen-bond acceptors (Lipinski definition) is 0. The molecule has 1 spiro atoms. The third-order valence-corrected chi connectivity index (χ3v) is 2.59. The Hall–Kier alpha value is -0.715. The van der Waals surface area contributed by atoms with Gasteiger partial charge in [0, 0.05) is 13.8 Å². The average molecular weight is 157 g/mol. The van der Waals surface area contributed by atoms with Gasteiger partial charge in [-0.1, -0.05) is 44.2 Å². The molecule has 1 heteroatoms. The molecular formula is C11H14B. The molecule has 0 N–H and O–H groups in total. The standard InChI is InChI=1S/C11H14.B/c1-9(2)10-4-7-11(8-10)5-3-6-11;/h3-5,7-9H,6H2,1-2H3;. The zero-order valence-electron chi connectivity index (χ0n) is 7.75. The Kier molecular flexibility index (Phi) is 2.32. The van der Waals surface area contributed by atoms with E-state index in [4.69, 9.17) is 0 Å². The summed E-state index contributed by atoms with van der Waals surface area (Å²) in [6.07, 6.45) is 12.7. The Balaban J connectivity index is 0.000000720. The maximum absolute atomic E-state index is 2.40. The third kappa shape index (κ3) is 1.28. The number of hydrogen-bond donors (Lipinski definition) is 0. The molecule has 0 nitrogen and oxygen atoms in total. The Labute approximate surface area is 76.6 Å². The summed E-state index contributed by atoms with van der Waals surface area (Å²) in [4.78, 5) is 0. The van der Waals surface area contributed by atoms with Gasteiger partial charge in [-0.3, -0.25) is 0 Å². The zero-order valence-corrected chi connectivity index (χ0v) is 7.75. The number of allylic oxidation sites excluding steroid dienone is 6. The summed E-state index contributed by atoms with van der Waals surface area (Å²) in [6, 6.07) is 0. The lowest BCUT2D eigenvalue weighted by molar-refractivity contribution is 0.586. The van der Waals surface area contributed by atoms with Crippen LogP contribution in [0.3, 0.4) is 0 Å². The molecule has 0 saturated heterocycles. The SMILES string of the molecule is CC(C)C1=CC2(C=CC2)C=C1.[B]. The highest BCUT2D eigenvalue weighted by Gasteiger charge is 2.29. The predicted molar refractivity (Wildman–Crippen MR) is 54.0 cm³/mol. The van der Waals surface area contributed by atoms with Crippen LogP contribution in [0.1, 0.15) is 20.3 Å². The first-order chi connectivity index (χ1) is 5.22. The summed E-state index contributed by atoms with van der Waals surface area (Å²) in [5.41, 5.74) is 1.84. The lowest BCUT2D eigenvalue weighted by Gasteiger charge is -2.26. The maximum Gasteiger partial charge on any atom is 0.0285 e. The van der Waals surface area contributed by atoms with Crippen molar-refractivity contribution in [2.24, 2.45) is 11.3 Å². The Morgan fingerprint density at radius 3 is 2.25 bits per heavy atom. The third-order valence-electron chi connectivity index (χ3n) is 2.59. The van der Waals surface area contributed by atoms with Gasteiger partial charge in [0.2, 0.25) is 0 Å². The quantitative estimate of drug-likeness (QED) is 0.405. The summed E-state index contributed by atoms with van der Waals surface area (Å²) in [7, 11) is 0. The van der Waals surface area contributed by atoms with Crippen molar-refractivity contribution >= 4 is 8.41 Å². The minimum atomic E-state index is 0. The van der Waals surface area contributed by atoms with Gasteiger partial charge < -0.3 is 0 Å². The van der Waals surface area contributed by atoms with Crippen LogP contribution in [0.25, 0.3) is 0 Å². The van der Waals surface area contributed by atoms with Crippen LogP contribution >= 0.6 is 0 Å². The van der Waals surface area contributed by atoms with Crippen molar-refractivity contribution in [1.29, 1.82) is 0 Å². The van der Waals surface area contributed by atoms with Gasteiger partial charge in [0.25, 0.3) is 0 Å². The summed E-state index contributed by atoms with van der Waals surface area (Å²) >= 11 is 0. The monoisotopic (exact) mass is 157 g/mol. The molecule has 0 aliphatic heterocycles. The van der Waals surface area contributed by atoms with Crippen LogP contribution in [0.4, 0.5) is 0 Å². The van der Waals surface area contributed by atoms with Crippen molar-refractivity contribution in [3.63, 3.8) is 0 Å². The molecule has 0 saturated carbocycles. The van der Waals surface area contributed by atoms with Gasteiger partial charge in [-0.05, 0) is 17.9 Å². The van der Waals surface area contributed by atoms with Gasteiger partial charge in [-0.15, -0.1) is 0 Å². The maximum atomic E-state index is 2.40. The fourth-order valence-corrected chi connectivity index (χ4v) is 1.64. The van der Waals surface area contributed by atoms with Crippen LogP contribution in [0.15, 0.2) is 36.0 Å². The molecular weight excluding hydrogens is 143 g/mol. The molecule has 0 aromatic heterocycles. The smallest absolute Gasteiger partial charge is 0.0285 e. The van der Waals surface area contributed by atoms with E-state index in [-0.39, 0.29) is 8.41 Å². The van der Waals surface area contributed by atoms with Crippen LogP contribution < -0.4 is 0 Å². The highest BCUT2D eigenvalue weighted by molar-refractivity contribution is 5.75. The molecule has 0 aromatic rings. The molecule has 1 atom stereocenters. The van der Waals surface area contributed by atoms with Crippen molar-refractivity contribution in [2.75, 3.05) is 0 Å². The summed E-state index contributed by atoms with van der Waals surface area (Å²) < 4.78 is 0. The van der Waals surface area contributed by atoms with E-state index < -0.39 is 0 Å². The molecule has 61 valence electrons. The van der Waals surface area contributed by atoms with Gasteiger partial charge in [0.15, 0.2) is 0 Å². The van der Waals surface area contributed by atoms with Gasteiger partial charge in [0.1, 0.15) is 0 Å². The first kappa shape index (κ1) is 9.37. The topological polar surface area (TPSA) is 0 Å². The molecule has 2 aliphatic carbocycles. The van der Waals surface area contributed by atoms with E-state index in [1.54, 1.807) is 0 Å². The van der Waals surface area contributed by atoms with E-state index in [0.29, 0.717) is 11.3 Å². The van der Waals surface area contributed by atoms with Crippen LogP contribution in [-0.4, -0.2) is 8.41 Å². The van der Waals surface area contributed by atoms with Crippen molar-refractivity contribution in [3.05, 3.63) is 36.0 Å². The molecule has 1 unspecified atom stereocenters. The van der Waals surface area contributed by atoms with Gasteiger partial charge >= 0.3 is 0 Å². The van der Waals surface area contributed by atoms with Crippen molar-refractivity contribution in [1.82, 2.24) is 0 Å². The normalized spacial score (nSPS) is 30.4. The van der Waals surface area contributed by atoms with Gasteiger partial charge in [-0.2, -0.15) is 0 Å². The van der Waals surface area contributed by atoms with E-state index >= 15 is 0 Å². The molecule has 0 aromatic carbocycles. The summed E-state index contributed by atoms with van der Waals surface area (Å²) in [6.45, 7) is 4.50. The second-order valence-corrected chi connectivity index (χ2v) is 3.85. The molecule has 12 heavy (non-hydrogen) atoms. The van der Waals surface area contributed by atoms with Crippen molar-refractivity contribution in [2.45, 2.75) is 20.3 Å². The lowest BCUT2D eigenvalue weighted by atomic mass is 9.77. The fourth-order valence-electron chi connectivity index (χ4n) is 1.64. The Bertz CT molecular complexity index is 258. The van der Waals surface area contributed by atoms with E-state index in [0.717, 1.165) is 0 Å². The van der Waals surface area contributed by atoms with E-state index in [1.807, 2.05) is 0 Å². The Morgan fingerprint density at radius 2 is 2.00 bits per heavy atom. The largest absolute Gasteiger partial charge is 0.0859 e. The molecule has 2 rings (SSSR count). The summed E-state index contributed by atoms with van der Waals surface area (Å²) in [5, 5.41) is 0. The molecule has 0 heterocycles. The lowest BCUT2D eigenvalue weighted by Crippen LogP contribution is -2.15. The molecule has 0 amide bonds. The van der Waals surface area contributed by atoms with Crippen LogP contribution in [0.2, 0.25) is 0 Å². The molecule has 3 radical (unpaired) electrons. The highest BCUT2D eigenvalue weighted by Crippen LogP contribution is 2.42. The number of rotatable bonds is 1. The second kappa shape index (κ2) is 2.97. The second-order valence-electron chi connectivity index (χ2n) is 3.85. The van der Waals surface area contributed by atoms with E-state index in [2.05, 4.69) is 44.2 Å². The zero-order chi connectivity index (χ0) is 7.90. The van der Waals surface area contributed by atoms with Crippen molar-refractivity contribution < 1.29 is 0 Å². The summed E-state index contributed by atoms with van der Waals surface area (Å²) in [5.74, 6) is 0.680. The van der Waals surface area contributed by atoms with Gasteiger partial charge in [-0.25, -0.2) is 0 Å². The molecule has 0 fully saturated rings. The predicted octanol–water partition coefficient (Wildman–Crippen LogP) is 2.70. The van der Waals surface area contributed by atoms with E-state index in [9.17, 15) is 0 Å². The first-order valence-corrected chi connectivity index (χ1v) is 4.32.